The second-order valence-corrected chi connectivity index (χ2v) is 5.50. The molecule has 0 spiro atoms. The van der Waals surface area contributed by atoms with Crippen molar-refractivity contribution in [2.24, 2.45) is 7.05 Å². The molecular formula is C17H21N3O3. The molecule has 23 heavy (non-hydrogen) atoms. The molecule has 1 N–H and O–H groups in total. The maximum Gasteiger partial charge on any atom is 0.303 e. The SMILES string of the molecule is Cc1cc(C(=O)N(CCCC(=O)O)Cc2ccccc2)nn1C. The molecule has 0 aliphatic heterocycles. The minimum atomic E-state index is -0.856. The number of carboxylic acids is 1. The highest BCUT2D eigenvalue weighted by molar-refractivity contribution is 5.92. The van der Waals surface area contributed by atoms with Gasteiger partial charge in [0.2, 0.25) is 0 Å². The zero-order valence-corrected chi connectivity index (χ0v) is 13.4. The molecule has 1 amide bonds. The lowest BCUT2D eigenvalue weighted by Gasteiger charge is -2.21. The number of carbonyl (C=O) groups is 2. The average Bonchev–Trinajstić information content (AvgIpc) is 2.86. The number of amides is 1. The molecule has 2 rings (SSSR count). The second kappa shape index (κ2) is 7.58. The maximum atomic E-state index is 12.7. The highest BCUT2D eigenvalue weighted by Crippen LogP contribution is 2.11. The van der Waals surface area contributed by atoms with Crippen molar-refractivity contribution in [1.29, 1.82) is 0 Å². The first-order valence-corrected chi connectivity index (χ1v) is 7.53. The fourth-order valence-corrected chi connectivity index (χ4v) is 2.30. The van der Waals surface area contributed by atoms with E-state index in [2.05, 4.69) is 5.10 Å². The molecule has 0 radical (unpaired) electrons. The van der Waals surface area contributed by atoms with E-state index in [1.807, 2.05) is 37.3 Å². The Kier molecular flexibility index (Phi) is 5.51. The van der Waals surface area contributed by atoms with Crippen LogP contribution in [-0.4, -0.2) is 38.2 Å². The van der Waals surface area contributed by atoms with Gasteiger partial charge in [-0.05, 0) is 25.0 Å². The fourth-order valence-electron chi connectivity index (χ4n) is 2.30. The van der Waals surface area contributed by atoms with Crippen LogP contribution in [-0.2, 0) is 18.4 Å². The van der Waals surface area contributed by atoms with E-state index in [0.717, 1.165) is 11.3 Å². The van der Waals surface area contributed by atoms with Crippen LogP contribution in [0.5, 0.6) is 0 Å². The van der Waals surface area contributed by atoms with E-state index in [-0.39, 0.29) is 12.3 Å². The Morgan fingerprint density at radius 3 is 2.52 bits per heavy atom. The Bertz CT molecular complexity index is 660. The smallest absolute Gasteiger partial charge is 0.303 e. The lowest BCUT2D eigenvalue weighted by Crippen LogP contribution is -2.32. The molecule has 0 atom stereocenters. The molecule has 1 aromatic heterocycles. The average molecular weight is 315 g/mol. The topological polar surface area (TPSA) is 75.4 Å². The van der Waals surface area contributed by atoms with Crippen molar-refractivity contribution in [1.82, 2.24) is 14.7 Å². The molecule has 6 nitrogen and oxygen atoms in total. The molecule has 0 aliphatic carbocycles. The van der Waals surface area contributed by atoms with Gasteiger partial charge in [-0.2, -0.15) is 5.10 Å². The molecule has 0 fully saturated rings. The number of aromatic nitrogens is 2. The number of aryl methyl sites for hydroxylation is 2. The summed E-state index contributed by atoms with van der Waals surface area (Å²) in [6.45, 7) is 2.71. The van der Waals surface area contributed by atoms with E-state index in [9.17, 15) is 9.59 Å². The standard InChI is InChI=1S/C17H21N3O3/c1-13-11-15(18-19(13)2)17(23)20(10-6-9-16(21)22)12-14-7-4-3-5-8-14/h3-5,7-8,11H,6,9-10,12H2,1-2H3,(H,21,22). The van der Waals surface area contributed by atoms with Crippen molar-refractivity contribution in [2.45, 2.75) is 26.3 Å². The van der Waals surface area contributed by atoms with Crippen LogP contribution >= 0.6 is 0 Å². The monoisotopic (exact) mass is 315 g/mol. The highest BCUT2D eigenvalue weighted by Gasteiger charge is 2.19. The van der Waals surface area contributed by atoms with Crippen molar-refractivity contribution in [3.8, 4) is 0 Å². The quantitative estimate of drug-likeness (QED) is 0.850. The number of rotatable bonds is 7. The van der Waals surface area contributed by atoms with Gasteiger partial charge >= 0.3 is 5.97 Å². The Balaban J connectivity index is 2.14. The highest BCUT2D eigenvalue weighted by atomic mass is 16.4. The van der Waals surface area contributed by atoms with E-state index in [0.29, 0.717) is 25.2 Å². The van der Waals surface area contributed by atoms with Crippen LogP contribution in [0.25, 0.3) is 0 Å². The number of hydrogen-bond donors (Lipinski definition) is 1. The summed E-state index contributed by atoms with van der Waals surface area (Å²) in [5.41, 5.74) is 2.29. The van der Waals surface area contributed by atoms with Crippen LogP contribution in [0.2, 0.25) is 0 Å². The number of carboxylic acid groups (broad SMARTS) is 1. The molecule has 1 heterocycles. The molecule has 0 saturated heterocycles. The van der Waals surface area contributed by atoms with Crippen molar-refractivity contribution >= 4 is 11.9 Å². The van der Waals surface area contributed by atoms with Gasteiger partial charge in [0, 0.05) is 32.3 Å². The number of hydrogen-bond acceptors (Lipinski definition) is 3. The first-order chi connectivity index (χ1) is 11.0. The number of nitrogens with zero attached hydrogens (tertiary/aromatic N) is 3. The predicted molar refractivity (Wildman–Crippen MR) is 86.0 cm³/mol. The molecule has 0 unspecified atom stereocenters. The summed E-state index contributed by atoms with van der Waals surface area (Å²) < 4.78 is 1.66. The Morgan fingerprint density at radius 1 is 1.26 bits per heavy atom. The van der Waals surface area contributed by atoms with E-state index >= 15 is 0 Å². The minimum absolute atomic E-state index is 0.0415. The molecule has 0 saturated carbocycles. The summed E-state index contributed by atoms with van der Waals surface area (Å²) in [5, 5.41) is 13.0. The normalized spacial score (nSPS) is 10.5. The molecule has 6 heteroatoms. The molecule has 122 valence electrons. The van der Waals surface area contributed by atoms with Crippen LogP contribution in [0.4, 0.5) is 0 Å². The van der Waals surface area contributed by atoms with Crippen LogP contribution < -0.4 is 0 Å². The molecule has 1 aromatic carbocycles. The van der Waals surface area contributed by atoms with Crippen LogP contribution in [0, 0.1) is 6.92 Å². The van der Waals surface area contributed by atoms with E-state index < -0.39 is 5.97 Å². The first kappa shape index (κ1) is 16.7. The summed E-state index contributed by atoms with van der Waals surface area (Å²) in [4.78, 5) is 25.1. The molecule has 2 aromatic rings. The first-order valence-electron chi connectivity index (χ1n) is 7.53. The predicted octanol–water partition coefficient (Wildman–Crippen LogP) is 2.24. The van der Waals surface area contributed by atoms with E-state index in [1.165, 1.54) is 0 Å². The minimum Gasteiger partial charge on any atom is -0.481 e. The molecule has 0 aliphatic rings. The number of carbonyl (C=O) groups excluding carboxylic acids is 1. The van der Waals surface area contributed by atoms with E-state index in [1.54, 1.807) is 22.7 Å². The van der Waals surface area contributed by atoms with Gasteiger partial charge in [-0.1, -0.05) is 30.3 Å². The summed E-state index contributed by atoms with van der Waals surface area (Å²) in [7, 11) is 1.79. The fraction of sp³-hybridized carbons (Fsp3) is 0.353. The van der Waals surface area contributed by atoms with Gasteiger partial charge in [-0.25, -0.2) is 0 Å². The van der Waals surface area contributed by atoms with Crippen LogP contribution in [0.1, 0.15) is 34.6 Å². The summed E-state index contributed by atoms with van der Waals surface area (Å²) in [6, 6.07) is 11.4. The largest absolute Gasteiger partial charge is 0.481 e. The lowest BCUT2D eigenvalue weighted by molar-refractivity contribution is -0.137. The molecular weight excluding hydrogens is 294 g/mol. The Hall–Kier alpha value is -2.63. The van der Waals surface area contributed by atoms with Gasteiger partial charge in [-0.15, -0.1) is 0 Å². The van der Waals surface area contributed by atoms with Gasteiger partial charge in [0.05, 0.1) is 0 Å². The third-order valence-electron chi connectivity index (χ3n) is 3.66. The third-order valence-corrected chi connectivity index (χ3v) is 3.66. The summed E-state index contributed by atoms with van der Waals surface area (Å²) in [6.07, 6.45) is 0.458. The summed E-state index contributed by atoms with van der Waals surface area (Å²) in [5.74, 6) is -1.03. The van der Waals surface area contributed by atoms with Crippen LogP contribution in [0.3, 0.4) is 0 Å². The van der Waals surface area contributed by atoms with E-state index in [4.69, 9.17) is 5.11 Å². The van der Waals surface area contributed by atoms with Gasteiger partial charge in [0.1, 0.15) is 0 Å². The van der Waals surface area contributed by atoms with Crippen LogP contribution in [0.15, 0.2) is 36.4 Å². The lowest BCUT2D eigenvalue weighted by atomic mass is 10.2. The Labute approximate surface area is 135 Å². The van der Waals surface area contributed by atoms with Crippen molar-refractivity contribution < 1.29 is 14.7 Å². The second-order valence-electron chi connectivity index (χ2n) is 5.50. The zero-order valence-electron chi connectivity index (χ0n) is 13.4. The summed E-state index contributed by atoms with van der Waals surface area (Å²) >= 11 is 0. The number of aliphatic carboxylic acids is 1. The van der Waals surface area contributed by atoms with Gasteiger partial charge in [0.15, 0.2) is 5.69 Å². The number of benzene rings is 1. The van der Waals surface area contributed by atoms with Gasteiger partial charge < -0.3 is 10.0 Å². The molecule has 0 bridgehead atoms. The maximum absolute atomic E-state index is 12.7. The van der Waals surface area contributed by atoms with Crippen molar-refractivity contribution in [3.05, 3.63) is 53.3 Å². The van der Waals surface area contributed by atoms with Crippen molar-refractivity contribution in [3.63, 3.8) is 0 Å². The van der Waals surface area contributed by atoms with Gasteiger partial charge in [-0.3, -0.25) is 14.3 Å². The van der Waals surface area contributed by atoms with Crippen molar-refractivity contribution in [2.75, 3.05) is 6.54 Å². The Morgan fingerprint density at radius 2 is 1.96 bits per heavy atom. The van der Waals surface area contributed by atoms with Gasteiger partial charge in [0.25, 0.3) is 5.91 Å². The zero-order chi connectivity index (χ0) is 16.8. The third kappa shape index (κ3) is 4.67.